The molecule has 8 heteroatoms. The van der Waals surface area contributed by atoms with Crippen molar-refractivity contribution in [2.75, 3.05) is 36.2 Å². The fraction of sp³-hybridized carbons (Fsp3) is 0.600. The Hall–Kier alpha value is -1.18. The molecule has 0 aromatic carbocycles. The molecule has 1 rings (SSSR count). The van der Waals surface area contributed by atoms with E-state index in [1.165, 1.54) is 7.05 Å². The summed E-state index contributed by atoms with van der Waals surface area (Å²) in [5.74, 6) is 1.09. The second-order valence-electron chi connectivity index (χ2n) is 3.48. The Bertz CT molecular complexity index is 384. The lowest BCUT2D eigenvalue weighted by atomic mass is 10.3. The number of anilines is 2. The molecule has 2 N–H and O–H groups in total. The molecule has 4 nitrogen and oxygen atoms in total. The van der Waals surface area contributed by atoms with E-state index < -0.39 is 11.9 Å². The third kappa shape index (κ3) is 4.59. The van der Waals surface area contributed by atoms with E-state index in [9.17, 15) is 13.2 Å². The van der Waals surface area contributed by atoms with Crippen LogP contribution in [0.15, 0.2) is 6.07 Å². The maximum atomic E-state index is 12.6. The van der Waals surface area contributed by atoms with Crippen molar-refractivity contribution in [1.82, 2.24) is 9.97 Å². The highest BCUT2D eigenvalue weighted by molar-refractivity contribution is 7.98. The van der Waals surface area contributed by atoms with Gasteiger partial charge >= 0.3 is 6.18 Å². The highest BCUT2D eigenvalue weighted by Gasteiger charge is 2.33. The third-order valence-electron chi connectivity index (χ3n) is 2.07. The Labute approximate surface area is 108 Å². The van der Waals surface area contributed by atoms with Crippen LogP contribution in [0.5, 0.6) is 0 Å². The monoisotopic (exact) mass is 280 g/mol. The predicted molar refractivity (Wildman–Crippen MR) is 68.1 cm³/mol. The minimum Gasteiger partial charge on any atom is -0.370 e. The van der Waals surface area contributed by atoms with Crippen molar-refractivity contribution in [1.29, 1.82) is 0 Å². The van der Waals surface area contributed by atoms with E-state index >= 15 is 0 Å². The smallest absolute Gasteiger partial charge is 0.370 e. The van der Waals surface area contributed by atoms with E-state index in [1.54, 1.807) is 11.8 Å². The highest BCUT2D eigenvalue weighted by atomic mass is 32.2. The number of rotatable bonds is 6. The maximum absolute atomic E-state index is 12.6. The van der Waals surface area contributed by atoms with Gasteiger partial charge < -0.3 is 10.6 Å². The van der Waals surface area contributed by atoms with Crippen LogP contribution >= 0.6 is 11.8 Å². The molecule has 0 amide bonds. The molecule has 1 aromatic heterocycles. The molecule has 0 saturated heterocycles. The zero-order chi connectivity index (χ0) is 13.6. The van der Waals surface area contributed by atoms with E-state index in [4.69, 9.17) is 0 Å². The molecule has 102 valence electrons. The van der Waals surface area contributed by atoms with Crippen LogP contribution in [-0.4, -0.2) is 35.6 Å². The lowest BCUT2D eigenvalue weighted by Crippen LogP contribution is -2.13. The van der Waals surface area contributed by atoms with Crippen molar-refractivity contribution in [3.8, 4) is 0 Å². The Kier molecular flexibility index (Phi) is 5.52. The summed E-state index contributed by atoms with van der Waals surface area (Å²) in [6, 6.07) is 0.917. The van der Waals surface area contributed by atoms with Gasteiger partial charge in [-0.2, -0.15) is 29.9 Å². The van der Waals surface area contributed by atoms with Gasteiger partial charge in [-0.15, -0.1) is 0 Å². The summed E-state index contributed by atoms with van der Waals surface area (Å²) in [5.41, 5.74) is -0.950. The van der Waals surface area contributed by atoms with E-state index in [1.807, 2.05) is 6.26 Å². The molecular weight excluding hydrogens is 265 g/mol. The quantitative estimate of drug-likeness (QED) is 0.785. The molecule has 1 heterocycles. The largest absolute Gasteiger partial charge is 0.433 e. The normalized spacial score (nSPS) is 11.4. The van der Waals surface area contributed by atoms with Crippen molar-refractivity contribution >= 4 is 23.5 Å². The lowest BCUT2D eigenvalue weighted by Gasteiger charge is -2.11. The van der Waals surface area contributed by atoms with Crippen molar-refractivity contribution in [2.24, 2.45) is 0 Å². The number of alkyl halides is 3. The Morgan fingerprint density at radius 2 is 2.06 bits per heavy atom. The van der Waals surface area contributed by atoms with Gasteiger partial charge in [0.05, 0.1) is 0 Å². The number of hydrogen-bond donors (Lipinski definition) is 2. The number of aromatic nitrogens is 2. The zero-order valence-electron chi connectivity index (χ0n) is 10.1. The van der Waals surface area contributed by atoms with Gasteiger partial charge in [0.25, 0.3) is 0 Å². The van der Waals surface area contributed by atoms with Gasteiger partial charge in [-0.1, -0.05) is 0 Å². The van der Waals surface area contributed by atoms with Crippen LogP contribution in [0, 0.1) is 0 Å². The Morgan fingerprint density at radius 3 is 2.61 bits per heavy atom. The summed E-state index contributed by atoms with van der Waals surface area (Å²) in [5, 5.41) is 5.38. The summed E-state index contributed by atoms with van der Waals surface area (Å²) in [6.45, 7) is 0.582. The molecular formula is C10H15F3N4S. The average Bonchev–Trinajstić information content (AvgIpc) is 2.33. The fourth-order valence-electron chi connectivity index (χ4n) is 1.23. The van der Waals surface area contributed by atoms with Crippen LogP contribution in [0.2, 0.25) is 0 Å². The molecule has 0 radical (unpaired) electrons. The van der Waals surface area contributed by atoms with Crippen LogP contribution in [0.3, 0.4) is 0 Å². The Morgan fingerprint density at radius 1 is 1.33 bits per heavy atom. The van der Waals surface area contributed by atoms with Crippen LogP contribution < -0.4 is 10.6 Å². The maximum Gasteiger partial charge on any atom is 0.433 e. The highest BCUT2D eigenvalue weighted by Crippen LogP contribution is 2.29. The van der Waals surface area contributed by atoms with Crippen LogP contribution in [0.25, 0.3) is 0 Å². The fourth-order valence-corrected chi connectivity index (χ4v) is 1.66. The summed E-state index contributed by atoms with van der Waals surface area (Å²) >= 11 is 1.69. The van der Waals surface area contributed by atoms with Gasteiger partial charge in [0.1, 0.15) is 5.82 Å². The first-order chi connectivity index (χ1) is 8.47. The summed E-state index contributed by atoms with van der Waals surface area (Å²) < 4.78 is 37.7. The number of halogens is 3. The standard InChI is InChI=1S/C10H15F3N4S/c1-14-9-16-7(10(11,12)13)6-8(17-9)15-4-3-5-18-2/h6H,3-5H2,1-2H3,(H2,14,15,16,17). The molecule has 0 bridgehead atoms. The molecule has 0 atom stereocenters. The second-order valence-corrected chi connectivity index (χ2v) is 4.47. The average molecular weight is 280 g/mol. The molecule has 1 aromatic rings. The number of nitrogens with zero attached hydrogens (tertiary/aromatic N) is 2. The number of thioether (sulfide) groups is 1. The molecule has 0 saturated carbocycles. The van der Waals surface area contributed by atoms with Gasteiger partial charge in [-0.25, -0.2) is 4.98 Å². The Balaban J connectivity index is 2.78. The first-order valence-electron chi connectivity index (χ1n) is 5.34. The van der Waals surface area contributed by atoms with Gasteiger partial charge in [-0.3, -0.25) is 0 Å². The van der Waals surface area contributed by atoms with Crippen molar-refractivity contribution < 1.29 is 13.2 Å². The topological polar surface area (TPSA) is 49.8 Å². The van der Waals surface area contributed by atoms with Gasteiger partial charge in [-0.05, 0) is 18.4 Å². The number of nitrogens with one attached hydrogen (secondary N) is 2. The minimum atomic E-state index is -4.47. The molecule has 18 heavy (non-hydrogen) atoms. The predicted octanol–water partition coefficient (Wildman–Crippen LogP) is 2.70. The first-order valence-corrected chi connectivity index (χ1v) is 6.73. The summed E-state index contributed by atoms with van der Waals surface area (Å²) in [4.78, 5) is 7.30. The first kappa shape index (κ1) is 14.9. The zero-order valence-corrected chi connectivity index (χ0v) is 11.0. The van der Waals surface area contributed by atoms with Crippen LogP contribution in [0.4, 0.5) is 24.9 Å². The van der Waals surface area contributed by atoms with E-state index in [0.29, 0.717) is 6.54 Å². The van der Waals surface area contributed by atoms with E-state index in [2.05, 4.69) is 20.6 Å². The second kappa shape index (κ2) is 6.67. The van der Waals surface area contributed by atoms with Crippen LogP contribution in [-0.2, 0) is 6.18 Å². The lowest BCUT2D eigenvalue weighted by molar-refractivity contribution is -0.141. The molecule has 0 aliphatic heterocycles. The molecule has 0 spiro atoms. The van der Waals surface area contributed by atoms with Crippen molar-refractivity contribution in [3.63, 3.8) is 0 Å². The molecule has 0 unspecified atom stereocenters. The van der Waals surface area contributed by atoms with Crippen molar-refractivity contribution in [3.05, 3.63) is 11.8 Å². The number of hydrogen-bond acceptors (Lipinski definition) is 5. The third-order valence-corrected chi connectivity index (χ3v) is 2.77. The van der Waals surface area contributed by atoms with Crippen LogP contribution in [0.1, 0.15) is 12.1 Å². The molecule has 0 aliphatic rings. The van der Waals surface area contributed by atoms with Gasteiger partial charge in [0.15, 0.2) is 5.69 Å². The van der Waals surface area contributed by atoms with E-state index in [-0.39, 0.29) is 11.8 Å². The van der Waals surface area contributed by atoms with Gasteiger partial charge in [0, 0.05) is 19.7 Å². The molecule has 0 aliphatic carbocycles. The SMILES string of the molecule is CNc1nc(NCCCSC)cc(C(F)(F)F)n1. The van der Waals surface area contributed by atoms with Crippen molar-refractivity contribution in [2.45, 2.75) is 12.6 Å². The van der Waals surface area contributed by atoms with Gasteiger partial charge in [0.2, 0.25) is 5.95 Å². The summed E-state index contributed by atoms with van der Waals surface area (Å²) in [7, 11) is 1.48. The summed E-state index contributed by atoms with van der Waals surface area (Å²) in [6.07, 6.45) is -1.63. The molecule has 0 fully saturated rings. The van der Waals surface area contributed by atoms with E-state index in [0.717, 1.165) is 18.2 Å². The minimum absolute atomic E-state index is 0.0443.